The van der Waals surface area contributed by atoms with Gasteiger partial charge in [-0.2, -0.15) is 0 Å². The standard InChI is InChI=1S/C17H26N2O2/c1-6-19(14-10-8-7-9-11-14)16(21)17(4,5)15(20)18-12-13(2)3/h7-11,13H,6,12H2,1-5H3,(H,18,20). The van der Waals surface area contributed by atoms with Crippen LogP contribution in [0.2, 0.25) is 0 Å². The van der Waals surface area contributed by atoms with Crippen molar-refractivity contribution < 1.29 is 9.59 Å². The number of amides is 2. The second-order valence-corrected chi connectivity index (χ2v) is 6.11. The summed E-state index contributed by atoms with van der Waals surface area (Å²) in [5.74, 6) is -0.0516. The summed E-state index contributed by atoms with van der Waals surface area (Å²) in [6, 6.07) is 9.43. The number of rotatable bonds is 6. The molecule has 1 aromatic carbocycles. The summed E-state index contributed by atoms with van der Waals surface area (Å²) < 4.78 is 0. The minimum absolute atomic E-state index is 0.183. The first kappa shape index (κ1) is 17.2. The minimum atomic E-state index is -1.08. The molecule has 1 aromatic rings. The maximum absolute atomic E-state index is 12.7. The third-order valence-corrected chi connectivity index (χ3v) is 3.40. The largest absolute Gasteiger partial charge is 0.355 e. The molecule has 0 aromatic heterocycles. The van der Waals surface area contributed by atoms with Crippen LogP contribution in [0.1, 0.15) is 34.6 Å². The summed E-state index contributed by atoms with van der Waals surface area (Å²) in [5, 5.41) is 2.85. The van der Waals surface area contributed by atoms with E-state index in [1.807, 2.05) is 51.1 Å². The van der Waals surface area contributed by atoms with Crippen molar-refractivity contribution in [3.05, 3.63) is 30.3 Å². The van der Waals surface area contributed by atoms with Gasteiger partial charge in [-0.3, -0.25) is 9.59 Å². The summed E-state index contributed by atoms with van der Waals surface area (Å²) in [6.45, 7) is 10.4. The Morgan fingerprint density at radius 2 is 1.76 bits per heavy atom. The summed E-state index contributed by atoms with van der Waals surface area (Å²) in [5.41, 5.74) is -0.268. The number of anilines is 1. The average molecular weight is 290 g/mol. The normalized spacial score (nSPS) is 11.3. The van der Waals surface area contributed by atoms with E-state index in [2.05, 4.69) is 5.32 Å². The van der Waals surface area contributed by atoms with E-state index in [1.165, 1.54) is 0 Å². The summed E-state index contributed by atoms with van der Waals surface area (Å²) >= 11 is 0. The predicted molar refractivity (Wildman–Crippen MR) is 86.1 cm³/mol. The number of carbonyl (C=O) groups is 2. The highest BCUT2D eigenvalue weighted by atomic mass is 16.2. The summed E-state index contributed by atoms with van der Waals surface area (Å²) in [7, 11) is 0. The molecule has 0 radical (unpaired) electrons. The van der Waals surface area contributed by atoms with Gasteiger partial charge in [0.1, 0.15) is 5.41 Å². The number of hydrogen-bond acceptors (Lipinski definition) is 2. The van der Waals surface area contributed by atoms with E-state index in [-0.39, 0.29) is 11.8 Å². The molecule has 4 nitrogen and oxygen atoms in total. The molecule has 0 atom stereocenters. The molecule has 116 valence electrons. The Morgan fingerprint density at radius 1 is 1.19 bits per heavy atom. The second-order valence-electron chi connectivity index (χ2n) is 6.11. The number of hydrogen-bond donors (Lipinski definition) is 1. The number of nitrogens with one attached hydrogen (secondary N) is 1. The lowest BCUT2D eigenvalue weighted by atomic mass is 9.89. The lowest BCUT2D eigenvalue weighted by Gasteiger charge is -2.30. The smallest absolute Gasteiger partial charge is 0.242 e. The average Bonchev–Trinajstić information content (AvgIpc) is 2.46. The van der Waals surface area contributed by atoms with Gasteiger partial charge in [0.05, 0.1) is 0 Å². The molecular weight excluding hydrogens is 264 g/mol. The Bertz CT molecular complexity index is 481. The lowest BCUT2D eigenvalue weighted by molar-refractivity contribution is -0.139. The van der Waals surface area contributed by atoms with Crippen molar-refractivity contribution in [2.24, 2.45) is 11.3 Å². The molecule has 0 fully saturated rings. The predicted octanol–water partition coefficient (Wildman–Crippen LogP) is 2.84. The molecule has 2 amide bonds. The van der Waals surface area contributed by atoms with Crippen molar-refractivity contribution >= 4 is 17.5 Å². The van der Waals surface area contributed by atoms with Crippen LogP contribution in [0.25, 0.3) is 0 Å². The molecule has 0 bridgehead atoms. The van der Waals surface area contributed by atoms with Gasteiger partial charge < -0.3 is 10.2 Å². The summed E-state index contributed by atoms with van der Waals surface area (Å²) in [6.07, 6.45) is 0. The number of carbonyl (C=O) groups excluding carboxylic acids is 2. The van der Waals surface area contributed by atoms with Crippen LogP contribution >= 0.6 is 0 Å². The fourth-order valence-electron chi connectivity index (χ4n) is 2.00. The van der Waals surface area contributed by atoms with Gasteiger partial charge in [0, 0.05) is 18.8 Å². The van der Waals surface area contributed by atoms with Crippen molar-refractivity contribution in [1.29, 1.82) is 0 Å². The molecule has 1 rings (SSSR count). The molecule has 0 unspecified atom stereocenters. The Labute approximate surface area is 127 Å². The van der Waals surface area contributed by atoms with Crippen molar-refractivity contribution in [2.45, 2.75) is 34.6 Å². The van der Waals surface area contributed by atoms with Crippen molar-refractivity contribution in [1.82, 2.24) is 5.32 Å². The molecule has 0 aliphatic heterocycles. The minimum Gasteiger partial charge on any atom is -0.355 e. The topological polar surface area (TPSA) is 49.4 Å². The fraction of sp³-hybridized carbons (Fsp3) is 0.529. The van der Waals surface area contributed by atoms with Crippen LogP contribution < -0.4 is 10.2 Å². The van der Waals surface area contributed by atoms with Gasteiger partial charge in [0.2, 0.25) is 11.8 Å². The van der Waals surface area contributed by atoms with Crippen molar-refractivity contribution in [2.75, 3.05) is 18.0 Å². The Kier molecular flexibility index (Phi) is 5.94. The molecule has 4 heteroatoms. The third-order valence-electron chi connectivity index (χ3n) is 3.40. The molecule has 21 heavy (non-hydrogen) atoms. The molecule has 1 N–H and O–H groups in total. The van der Waals surface area contributed by atoms with E-state index in [0.717, 1.165) is 5.69 Å². The first-order valence-electron chi connectivity index (χ1n) is 7.46. The van der Waals surface area contributed by atoms with Crippen LogP contribution in [0, 0.1) is 11.3 Å². The van der Waals surface area contributed by atoms with E-state index < -0.39 is 5.41 Å². The Balaban J connectivity index is 2.90. The Hall–Kier alpha value is -1.84. The summed E-state index contributed by atoms with van der Waals surface area (Å²) in [4.78, 5) is 26.7. The number of para-hydroxylation sites is 1. The van der Waals surface area contributed by atoms with Gasteiger partial charge in [0.25, 0.3) is 0 Å². The number of benzene rings is 1. The molecule has 0 aliphatic rings. The van der Waals surface area contributed by atoms with Crippen LogP contribution in [-0.2, 0) is 9.59 Å². The van der Waals surface area contributed by atoms with Gasteiger partial charge >= 0.3 is 0 Å². The molecule has 0 saturated carbocycles. The monoisotopic (exact) mass is 290 g/mol. The van der Waals surface area contributed by atoms with Gasteiger partial charge in [0.15, 0.2) is 0 Å². The van der Waals surface area contributed by atoms with Gasteiger partial charge in [-0.25, -0.2) is 0 Å². The van der Waals surface area contributed by atoms with E-state index in [0.29, 0.717) is 19.0 Å². The highest BCUT2D eigenvalue weighted by Gasteiger charge is 2.39. The van der Waals surface area contributed by atoms with Crippen LogP contribution in [0.5, 0.6) is 0 Å². The van der Waals surface area contributed by atoms with E-state index in [1.54, 1.807) is 18.7 Å². The zero-order chi connectivity index (χ0) is 16.0. The van der Waals surface area contributed by atoms with Crippen LogP contribution in [0.3, 0.4) is 0 Å². The number of nitrogens with zero attached hydrogens (tertiary/aromatic N) is 1. The zero-order valence-corrected chi connectivity index (χ0v) is 13.6. The highest BCUT2D eigenvalue weighted by Crippen LogP contribution is 2.24. The van der Waals surface area contributed by atoms with Crippen molar-refractivity contribution in [3.8, 4) is 0 Å². The second kappa shape index (κ2) is 7.25. The lowest BCUT2D eigenvalue weighted by Crippen LogP contribution is -2.50. The maximum atomic E-state index is 12.7. The van der Waals surface area contributed by atoms with Crippen LogP contribution in [-0.4, -0.2) is 24.9 Å². The van der Waals surface area contributed by atoms with Gasteiger partial charge in [-0.15, -0.1) is 0 Å². The molecule has 0 heterocycles. The van der Waals surface area contributed by atoms with E-state index >= 15 is 0 Å². The third kappa shape index (κ3) is 4.31. The van der Waals surface area contributed by atoms with Crippen LogP contribution in [0.15, 0.2) is 30.3 Å². The Morgan fingerprint density at radius 3 is 2.24 bits per heavy atom. The van der Waals surface area contributed by atoms with E-state index in [9.17, 15) is 9.59 Å². The zero-order valence-electron chi connectivity index (χ0n) is 13.6. The fourth-order valence-corrected chi connectivity index (χ4v) is 2.00. The quantitative estimate of drug-likeness (QED) is 0.819. The molecular formula is C17H26N2O2. The van der Waals surface area contributed by atoms with Gasteiger partial charge in [-0.1, -0.05) is 32.0 Å². The van der Waals surface area contributed by atoms with Crippen molar-refractivity contribution in [3.63, 3.8) is 0 Å². The SMILES string of the molecule is CCN(C(=O)C(C)(C)C(=O)NCC(C)C)c1ccccc1. The van der Waals surface area contributed by atoms with E-state index in [4.69, 9.17) is 0 Å². The van der Waals surface area contributed by atoms with Gasteiger partial charge in [-0.05, 0) is 38.8 Å². The maximum Gasteiger partial charge on any atom is 0.242 e. The highest BCUT2D eigenvalue weighted by molar-refractivity contribution is 6.10. The first-order valence-corrected chi connectivity index (χ1v) is 7.46. The molecule has 0 saturated heterocycles. The first-order chi connectivity index (χ1) is 9.80. The molecule has 0 aliphatic carbocycles. The molecule has 0 spiro atoms. The van der Waals surface area contributed by atoms with Crippen LogP contribution in [0.4, 0.5) is 5.69 Å².